The Hall–Kier alpha value is -2.50. The van der Waals surface area contributed by atoms with E-state index in [1.165, 1.54) is 18.2 Å². The first-order valence-electron chi connectivity index (χ1n) is 6.54. The van der Waals surface area contributed by atoms with E-state index in [2.05, 4.69) is 0 Å². The second-order valence-corrected chi connectivity index (χ2v) is 5.03. The summed E-state index contributed by atoms with van der Waals surface area (Å²) in [5, 5.41) is 20.0. The lowest BCUT2D eigenvalue weighted by molar-refractivity contribution is -0.385. The monoisotopic (exact) mass is 291 g/mol. The first-order chi connectivity index (χ1) is 9.82. The molecule has 0 atom stereocenters. The van der Waals surface area contributed by atoms with Gasteiger partial charge in [-0.2, -0.15) is 0 Å². The minimum Gasteiger partial charge on any atom is -0.478 e. The van der Waals surface area contributed by atoms with Gasteiger partial charge in [0.1, 0.15) is 5.57 Å². The normalized spacial score (nSPS) is 11.5. The van der Waals surface area contributed by atoms with Crippen molar-refractivity contribution in [3.8, 4) is 0 Å². The van der Waals surface area contributed by atoms with Crippen molar-refractivity contribution in [2.24, 2.45) is 5.92 Å². The number of carbonyl (C=O) groups excluding carboxylic acids is 1. The number of ketones is 1. The summed E-state index contributed by atoms with van der Waals surface area (Å²) in [6.07, 6.45) is 1.75. The Kier molecular flexibility index (Phi) is 5.78. The lowest BCUT2D eigenvalue weighted by atomic mass is 9.99. The molecule has 0 heterocycles. The van der Waals surface area contributed by atoms with Gasteiger partial charge in [0.05, 0.1) is 10.5 Å². The van der Waals surface area contributed by atoms with Gasteiger partial charge in [-0.25, -0.2) is 4.79 Å². The summed E-state index contributed by atoms with van der Waals surface area (Å²) in [6.45, 7) is 3.86. The van der Waals surface area contributed by atoms with Crippen molar-refractivity contribution >= 4 is 23.5 Å². The molecule has 0 fully saturated rings. The molecule has 0 aromatic heterocycles. The number of aliphatic carboxylic acids is 1. The third-order valence-corrected chi connectivity index (χ3v) is 2.91. The van der Waals surface area contributed by atoms with Gasteiger partial charge < -0.3 is 5.11 Å². The molecule has 6 nitrogen and oxygen atoms in total. The van der Waals surface area contributed by atoms with Crippen molar-refractivity contribution in [3.63, 3.8) is 0 Å². The average molecular weight is 291 g/mol. The molecule has 0 bridgehead atoms. The van der Waals surface area contributed by atoms with E-state index in [0.717, 1.165) is 6.08 Å². The smallest absolute Gasteiger partial charge is 0.339 e. The molecule has 1 N–H and O–H groups in total. The molecule has 0 spiro atoms. The summed E-state index contributed by atoms with van der Waals surface area (Å²) in [5.74, 6) is -1.62. The molecular weight excluding hydrogens is 274 g/mol. The molecular formula is C15H17NO5. The second-order valence-electron chi connectivity index (χ2n) is 5.03. The highest BCUT2D eigenvalue weighted by molar-refractivity contribution is 6.20. The molecule has 21 heavy (non-hydrogen) atoms. The Morgan fingerprint density at radius 3 is 2.48 bits per heavy atom. The molecule has 1 rings (SSSR count). The SMILES string of the molecule is CC(C)CCC(=O)C(=Cc1ccccc1[N+](=O)[O-])C(=O)O. The van der Waals surface area contributed by atoms with Gasteiger partial charge in [0.2, 0.25) is 0 Å². The Labute approximate surface area is 122 Å². The van der Waals surface area contributed by atoms with Crippen LogP contribution in [0.15, 0.2) is 29.8 Å². The van der Waals surface area contributed by atoms with Gasteiger partial charge in [-0.3, -0.25) is 14.9 Å². The molecule has 0 unspecified atom stereocenters. The topological polar surface area (TPSA) is 97.5 Å². The number of carbonyl (C=O) groups is 2. The van der Waals surface area contributed by atoms with Crippen LogP contribution in [0, 0.1) is 16.0 Å². The van der Waals surface area contributed by atoms with E-state index in [9.17, 15) is 19.7 Å². The van der Waals surface area contributed by atoms with Crippen LogP contribution < -0.4 is 0 Å². The van der Waals surface area contributed by atoms with Crippen LogP contribution >= 0.6 is 0 Å². The van der Waals surface area contributed by atoms with Crippen LogP contribution in [0.25, 0.3) is 6.08 Å². The second kappa shape index (κ2) is 7.33. The Balaban J connectivity index is 3.14. The third-order valence-electron chi connectivity index (χ3n) is 2.91. The van der Waals surface area contributed by atoms with Crippen LogP contribution in [0.3, 0.4) is 0 Å². The summed E-state index contributed by atoms with van der Waals surface area (Å²) in [7, 11) is 0. The number of rotatable bonds is 7. The van der Waals surface area contributed by atoms with Crippen molar-refractivity contribution in [2.75, 3.05) is 0 Å². The Morgan fingerprint density at radius 1 is 1.33 bits per heavy atom. The first-order valence-corrected chi connectivity index (χ1v) is 6.54. The summed E-state index contributed by atoms with van der Waals surface area (Å²) >= 11 is 0. The summed E-state index contributed by atoms with van der Waals surface area (Å²) in [5.41, 5.74) is -0.546. The van der Waals surface area contributed by atoms with Gasteiger partial charge >= 0.3 is 5.97 Å². The van der Waals surface area contributed by atoms with Crippen molar-refractivity contribution in [1.82, 2.24) is 0 Å². The number of hydrogen-bond acceptors (Lipinski definition) is 4. The lowest BCUT2D eigenvalue weighted by Gasteiger charge is -2.05. The van der Waals surface area contributed by atoms with Gasteiger partial charge in [0.25, 0.3) is 5.69 Å². The van der Waals surface area contributed by atoms with E-state index < -0.39 is 22.2 Å². The van der Waals surface area contributed by atoms with Gasteiger partial charge in [-0.1, -0.05) is 26.0 Å². The molecule has 1 aromatic carbocycles. The van der Waals surface area contributed by atoms with Crippen LogP contribution in [0.4, 0.5) is 5.69 Å². The van der Waals surface area contributed by atoms with Gasteiger partial charge in [-0.05, 0) is 24.5 Å². The van der Waals surface area contributed by atoms with Crippen molar-refractivity contribution in [1.29, 1.82) is 0 Å². The third kappa shape index (κ3) is 4.83. The maximum Gasteiger partial charge on any atom is 0.339 e. The van der Waals surface area contributed by atoms with E-state index in [1.54, 1.807) is 6.07 Å². The number of carboxylic acids is 1. The molecule has 1 aromatic rings. The number of nitro benzene ring substituents is 1. The van der Waals surface area contributed by atoms with E-state index in [4.69, 9.17) is 5.11 Å². The van der Waals surface area contributed by atoms with Crippen LogP contribution in [0.5, 0.6) is 0 Å². The van der Waals surface area contributed by atoms with Crippen LogP contribution in [-0.2, 0) is 9.59 Å². The lowest BCUT2D eigenvalue weighted by Crippen LogP contribution is -2.13. The molecule has 0 saturated heterocycles. The molecule has 112 valence electrons. The van der Waals surface area contributed by atoms with Gasteiger partial charge in [0.15, 0.2) is 5.78 Å². The van der Waals surface area contributed by atoms with E-state index in [1.807, 2.05) is 13.8 Å². The number of carboxylic acid groups (broad SMARTS) is 1. The standard InChI is InChI=1S/C15H17NO5/c1-10(2)7-8-14(17)12(15(18)19)9-11-5-3-4-6-13(11)16(20)21/h3-6,9-10H,7-8H2,1-2H3,(H,18,19). The summed E-state index contributed by atoms with van der Waals surface area (Å²) in [6, 6.07) is 5.72. The highest BCUT2D eigenvalue weighted by Gasteiger charge is 2.20. The van der Waals surface area contributed by atoms with Crippen molar-refractivity contribution < 1.29 is 19.6 Å². The minimum absolute atomic E-state index is 0.108. The van der Waals surface area contributed by atoms with Crippen LogP contribution in [0.1, 0.15) is 32.3 Å². The van der Waals surface area contributed by atoms with Crippen molar-refractivity contribution in [3.05, 3.63) is 45.5 Å². The number of para-hydroxylation sites is 1. The van der Waals surface area contributed by atoms with E-state index >= 15 is 0 Å². The minimum atomic E-state index is -1.37. The fourth-order valence-corrected chi connectivity index (χ4v) is 1.75. The molecule has 0 radical (unpaired) electrons. The molecule has 0 aliphatic heterocycles. The van der Waals surface area contributed by atoms with Gasteiger partial charge in [-0.15, -0.1) is 0 Å². The maximum absolute atomic E-state index is 12.0. The summed E-state index contributed by atoms with van der Waals surface area (Å²) in [4.78, 5) is 33.5. The molecule has 0 aliphatic carbocycles. The van der Waals surface area contributed by atoms with Crippen LogP contribution in [-0.4, -0.2) is 21.8 Å². The van der Waals surface area contributed by atoms with Gasteiger partial charge in [0, 0.05) is 12.5 Å². The molecule has 0 aliphatic rings. The van der Waals surface area contributed by atoms with Crippen LogP contribution in [0.2, 0.25) is 0 Å². The zero-order chi connectivity index (χ0) is 16.0. The Morgan fingerprint density at radius 2 is 1.95 bits per heavy atom. The highest BCUT2D eigenvalue weighted by Crippen LogP contribution is 2.22. The Bertz CT molecular complexity index is 589. The predicted molar refractivity (Wildman–Crippen MR) is 77.8 cm³/mol. The number of nitrogens with zero attached hydrogens (tertiary/aromatic N) is 1. The van der Waals surface area contributed by atoms with E-state index in [-0.39, 0.29) is 23.6 Å². The largest absolute Gasteiger partial charge is 0.478 e. The molecule has 0 amide bonds. The molecule has 0 saturated carbocycles. The highest BCUT2D eigenvalue weighted by atomic mass is 16.6. The zero-order valence-corrected chi connectivity index (χ0v) is 11.9. The first kappa shape index (κ1) is 16.6. The molecule has 6 heteroatoms. The zero-order valence-electron chi connectivity index (χ0n) is 11.9. The van der Waals surface area contributed by atoms with E-state index in [0.29, 0.717) is 6.42 Å². The number of Topliss-reactive ketones (excluding diaryl/α,β-unsaturated/α-hetero) is 1. The van der Waals surface area contributed by atoms with Crippen molar-refractivity contribution in [2.45, 2.75) is 26.7 Å². The summed E-state index contributed by atoms with van der Waals surface area (Å²) < 4.78 is 0. The number of nitro groups is 1. The number of benzene rings is 1. The average Bonchev–Trinajstić information content (AvgIpc) is 2.42. The quantitative estimate of drug-likeness (QED) is 0.274. The fraction of sp³-hybridized carbons (Fsp3) is 0.333. The predicted octanol–water partition coefficient (Wildman–Crippen LogP) is 3.07. The fourth-order valence-electron chi connectivity index (χ4n) is 1.75. The maximum atomic E-state index is 12.0. The number of hydrogen-bond donors (Lipinski definition) is 1.